The molecule has 7 heteroatoms. The zero-order chi connectivity index (χ0) is 19.6. The third kappa shape index (κ3) is 4.14. The Balaban J connectivity index is 1.79. The number of aryl methyl sites for hydroxylation is 3. The largest absolute Gasteiger partial charge is 0.467 e. The van der Waals surface area contributed by atoms with E-state index in [4.69, 9.17) is 4.42 Å². The average Bonchev–Trinajstić information content (AvgIpc) is 3.21. The van der Waals surface area contributed by atoms with Crippen molar-refractivity contribution in [2.75, 3.05) is 0 Å². The first-order chi connectivity index (χ1) is 12.8. The normalized spacial score (nSPS) is 12.0. The minimum Gasteiger partial charge on any atom is -0.467 e. The van der Waals surface area contributed by atoms with E-state index in [9.17, 15) is 8.42 Å². The SMILES string of the molecule is Cc1ccc(C)c(S(=O)(=O)N/N=C\c2cc(C)n(Cc3ccco3)c2C)c1. The fourth-order valence-electron chi connectivity index (χ4n) is 2.97. The summed E-state index contributed by atoms with van der Waals surface area (Å²) in [5, 5.41) is 3.97. The number of hydrogen-bond donors (Lipinski definition) is 1. The van der Waals surface area contributed by atoms with Crippen LogP contribution in [0, 0.1) is 27.7 Å². The lowest BCUT2D eigenvalue weighted by Crippen LogP contribution is -2.19. The molecule has 0 aliphatic carbocycles. The van der Waals surface area contributed by atoms with Crippen molar-refractivity contribution >= 4 is 16.2 Å². The lowest BCUT2D eigenvalue weighted by Gasteiger charge is -2.08. The van der Waals surface area contributed by atoms with Gasteiger partial charge >= 0.3 is 0 Å². The summed E-state index contributed by atoms with van der Waals surface area (Å²) in [5.41, 5.74) is 4.44. The van der Waals surface area contributed by atoms with Crippen LogP contribution in [0.4, 0.5) is 0 Å². The lowest BCUT2D eigenvalue weighted by atomic mass is 10.2. The number of benzene rings is 1. The van der Waals surface area contributed by atoms with Gasteiger partial charge in [-0.3, -0.25) is 0 Å². The summed E-state index contributed by atoms with van der Waals surface area (Å²) in [5.74, 6) is 0.857. The number of rotatable bonds is 6. The molecule has 0 bridgehead atoms. The highest BCUT2D eigenvalue weighted by Gasteiger charge is 2.16. The molecule has 0 atom stereocenters. The molecule has 0 saturated carbocycles. The smallest absolute Gasteiger partial charge is 0.276 e. The van der Waals surface area contributed by atoms with Gasteiger partial charge in [0.25, 0.3) is 10.0 Å². The number of aromatic nitrogens is 1. The van der Waals surface area contributed by atoms with Crippen molar-refractivity contribution in [3.8, 4) is 0 Å². The predicted molar refractivity (Wildman–Crippen MR) is 106 cm³/mol. The van der Waals surface area contributed by atoms with Crippen LogP contribution < -0.4 is 4.83 Å². The number of hydrazone groups is 1. The predicted octanol–water partition coefficient (Wildman–Crippen LogP) is 3.68. The van der Waals surface area contributed by atoms with Gasteiger partial charge < -0.3 is 8.98 Å². The lowest BCUT2D eigenvalue weighted by molar-refractivity contribution is 0.489. The summed E-state index contributed by atoms with van der Waals surface area (Å²) in [4.78, 5) is 2.55. The van der Waals surface area contributed by atoms with E-state index < -0.39 is 10.0 Å². The van der Waals surface area contributed by atoms with E-state index in [2.05, 4.69) is 14.5 Å². The Labute approximate surface area is 159 Å². The van der Waals surface area contributed by atoms with Crippen LogP contribution in [0.3, 0.4) is 0 Å². The molecule has 3 rings (SSSR count). The molecule has 0 aliphatic rings. The second kappa shape index (κ2) is 7.44. The molecule has 0 saturated heterocycles. The highest BCUT2D eigenvalue weighted by molar-refractivity contribution is 7.89. The fraction of sp³-hybridized carbons (Fsp3) is 0.250. The molecular weight excluding hydrogens is 362 g/mol. The molecule has 0 unspecified atom stereocenters. The van der Waals surface area contributed by atoms with E-state index >= 15 is 0 Å². The van der Waals surface area contributed by atoms with Crippen molar-refractivity contribution in [3.63, 3.8) is 0 Å². The molecule has 3 aromatic rings. The first-order valence-electron chi connectivity index (χ1n) is 8.59. The summed E-state index contributed by atoms with van der Waals surface area (Å²) in [7, 11) is -3.71. The molecule has 0 radical (unpaired) electrons. The molecule has 2 aromatic heterocycles. The van der Waals surface area contributed by atoms with Gasteiger partial charge in [-0.2, -0.15) is 13.5 Å². The van der Waals surface area contributed by atoms with Gasteiger partial charge in [-0.05, 0) is 63.1 Å². The number of nitrogens with zero attached hydrogens (tertiary/aromatic N) is 2. The van der Waals surface area contributed by atoms with E-state index in [1.807, 2.05) is 45.0 Å². The standard InChI is InChI=1S/C20H23N3O3S/c1-14-7-8-15(2)20(10-14)27(24,25)22-21-12-18-11-16(3)23(17(18)4)13-19-6-5-9-26-19/h5-12,22H,13H2,1-4H3/b21-12-. The molecular formula is C20H23N3O3S. The number of hydrogen-bond acceptors (Lipinski definition) is 4. The topological polar surface area (TPSA) is 76.6 Å². The zero-order valence-corrected chi connectivity index (χ0v) is 16.7. The van der Waals surface area contributed by atoms with Crippen LogP contribution >= 0.6 is 0 Å². The third-order valence-electron chi connectivity index (χ3n) is 4.52. The molecule has 1 N–H and O–H groups in total. The fourth-order valence-corrected chi connectivity index (χ4v) is 4.09. The van der Waals surface area contributed by atoms with Crippen molar-refractivity contribution in [2.24, 2.45) is 5.10 Å². The van der Waals surface area contributed by atoms with E-state index in [-0.39, 0.29) is 4.90 Å². The second-order valence-electron chi connectivity index (χ2n) is 6.61. The summed E-state index contributed by atoms with van der Waals surface area (Å²) in [6, 6.07) is 11.1. The van der Waals surface area contributed by atoms with Gasteiger partial charge in [-0.1, -0.05) is 12.1 Å². The molecule has 0 aliphatic heterocycles. The number of nitrogens with one attached hydrogen (secondary N) is 1. The molecule has 0 fully saturated rings. The summed E-state index contributed by atoms with van der Waals surface area (Å²) in [6.45, 7) is 8.20. The van der Waals surface area contributed by atoms with Crippen molar-refractivity contribution in [2.45, 2.75) is 39.1 Å². The molecule has 1 aromatic carbocycles. The van der Waals surface area contributed by atoms with Crippen molar-refractivity contribution in [1.29, 1.82) is 0 Å². The molecule has 0 spiro atoms. The van der Waals surface area contributed by atoms with Gasteiger partial charge in [0.15, 0.2) is 0 Å². The first-order valence-corrected chi connectivity index (χ1v) is 10.1. The third-order valence-corrected chi connectivity index (χ3v) is 5.88. The van der Waals surface area contributed by atoms with Crippen LogP contribution in [0.15, 0.2) is 57.1 Å². The highest BCUT2D eigenvalue weighted by Crippen LogP contribution is 2.18. The van der Waals surface area contributed by atoms with Crippen molar-refractivity contribution in [3.05, 3.63) is 76.5 Å². The number of sulfonamides is 1. The molecule has 6 nitrogen and oxygen atoms in total. The maximum atomic E-state index is 12.5. The highest BCUT2D eigenvalue weighted by atomic mass is 32.2. The van der Waals surface area contributed by atoms with E-state index in [1.54, 1.807) is 25.3 Å². The molecule has 0 amide bonds. The van der Waals surface area contributed by atoms with Crippen molar-refractivity contribution < 1.29 is 12.8 Å². The van der Waals surface area contributed by atoms with Crippen LogP contribution in [-0.2, 0) is 16.6 Å². The minimum absolute atomic E-state index is 0.239. The van der Waals surface area contributed by atoms with Crippen molar-refractivity contribution in [1.82, 2.24) is 9.40 Å². The minimum atomic E-state index is -3.71. The summed E-state index contributed by atoms with van der Waals surface area (Å²) < 4.78 is 32.5. The molecule has 142 valence electrons. The first kappa shape index (κ1) is 19.0. The Kier molecular flexibility index (Phi) is 5.23. The van der Waals surface area contributed by atoms with Gasteiger partial charge in [0, 0.05) is 17.0 Å². The quantitative estimate of drug-likeness (QED) is 0.519. The average molecular weight is 385 g/mol. The Hall–Kier alpha value is -2.80. The summed E-state index contributed by atoms with van der Waals surface area (Å²) in [6.07, 6.45) is 3.18. The van der Waals surface area contributed by atoms with E-state index in [0.29, 0.717) is 12.1 Å². The number of furan rings is 1. The Morgan fingerprint density at radius 3 is 2.63 bits per heavy atom. The van der Waals surface area contributed by atoms with E-state index in [0.717, 1.165) is 28.3 Å². The van der Waals surface area contributed by atoms with Crippen LogP contribution in [0.2, 0.25) is 0 Å². The maximum absolute atomic E-state index is 12.5. The van der Waals surface area contributed by atoms with Crippen LogP contribution in [-0.4, -0.2) is 19.2 Å². The molecule has 27 heavy (non-hydrogen) atoms. The Morgan fingerprint density at radius 2 is 1.93 bits per heavy atom. The Morgan fingerprint density at radius 1 is 1.15 bits per heavy atom. The monoisotopic (exact) mass is 385 g/mol. The van der Waals surface area contributed by atoms with Crippen LogP contribution in [0.1, 0.15) is 33.8 Å². The molecule has 2 heterocycles. The van der Waals surface area contributed by atoms with Gasteiger partial charge in [-0.25, -0.2) is 4.83 Å². The van der Waals surface area contributed by atoms with Gasteiger partial charge in [0.05, 0.1) is 23.9 Å². The van der Waals surface area contributed by atoms with Gasteiger partial charge in [0.2, 0.25) is 0 Å². The van der Waals surface area contributed by atoms with Crippen LogP contribution in [0.5, 0.6) is 0 Å². The maximum Gasteiger partial charge on any atom is 0.276 e. The zero-order valence-electron chi connectivity index (χ0n) is 15.9. The van der Waals surface area contributed by atoms with Crippen LogP contribution in [0.25, 0.3) is 0 Å². The van der Waals surface area contributed by atoms with Gasteiger partial charge in [0.1, 0.15) is 5.76 Å². The Bertz CT molecular complexity index is 1080. The van der Waals surface area contributed by atoms with E-state index in [1.165, 1.54) is 6.21 Å². The van der Waals surface area contributed by atoms with Gasteiger partial charge in [-0.15, -0.1) is 0 Å². The summed E-state index contributed by atoms with van der Waals surface area (Å²) >= 11 is 0. The second-order valence-corrected chi connectivity index (χ2v) is 8.24.